The lowest BCUT2D eigenvalue weighted by molar-refractivity contribution is 0.0135. The van der Waals surface area contributed by atoms with E-state index < -0.39 is 0 Å². The van der Waals surface area contributed by atoms with E-state index in [1.54, 1.807) is 7.11 Å². The van der Waals surface area contributed by atoms with Crippen LogP contribution in [-0.2, 0) is 24.2 Å². The fourth-order valence-electron chi connectivity index (χ4n) is 3.20. The second-order valence-electron chi connectivity index (χ2n) is 5.77. The lowest BCUT2D eigenvalue weighted by Gasteiger charge is -2.46. The van der Waals surface area contributed by atoms with Gasteiger partial charge in [-0.25, -0.2) is 0 Å². The van der Waals surface area contributed by atoms with Crippen molar-refractivity contribution in [3.63, 3.8) is 0 Å². The van der Waals surface area contributed by atoms with Crippen molar-refractivity contribution in [3.05, 3.63) is 11.6 Å². The molecule has 0 radical (unpaired) electrons. The van der Waals surface area contributed by atoms with Gasteiger partial charge in [-0.2, -0.15) is 0 Å². The zero-order valence-electron chi connectivity index (χ0n) is 12.6. The number of hydrogen-bond donors (Lipinski definition) is 0. The highest BCUT2D eigenvalue weighted by Crippen LogP contribution is 2.21. The molecule has 0 saturated carbocycles. The molecule has 0 bridgehead atoms. The Morgan fingerprint density at radius 3 is 2.85 bits per heavy atom. The van der Waals surface area contributed by atoms with Crippen molar-refractivity contribution in [2.75, 3.05) is 39.9 Å². The average Bonchev–Trinajstić information content (AvgIpc) is 2.83. The molecule has 0 aromatic carbocycles. The molecule has 6 heteroatoms. The monoisotopic (exact) mass is 279 g/mol. The molecule has 1 aromatic rings. The number of fused-ring (bicyclic) bond motifs is 1. The summed E-state index contributed by atoms with van der Waals surface area (Å²) >= 11 is 0. The number of aryl methyl sites for hydroxylation is 1. The molecule has 0 atom stereocenters. The number of methoxy groups -OCH3 is 1. The maximum Gasteiger partial charge on any atom is 0.147 e. The van der Waals surface area contributed by atoms with E-state index in [0.29, 0.717) is 6.04 Å². The van der Waals surface area contributed by atoms with E-state index in [9.17, 15) is 0 Å². The summed E-state index contributed by atoms with van der Waals surface area (Å²) in [7, 11) is 1.77. The molecule has 0 unspecified atom stereocenters. The van der Waals surface area contributed by atoms with Crippen LogP contribution >= 0.6 is 0 Å². The highest BCUT2D eigenvalue weighted by Gasteiger charge is 2.33. The molecular formula is C14H25N5O. The van der Waals surface area contributed by atoms with E-state index in [4.69, 9.17) is 4.74 Å². The minimum Gasteiger partial charge on any atom is -0.385 e. The minimum atomic E-state index is 0.702. The molecule has 2 aliphatic rings. The Hall–Kier alpha value is -0.980. The highest BCUT2D eigenvalue weighted by atomic mass is 16.5. The van der Waals surface area contributed by atoms with Crippen LogP contribution in [0.25, 0.3) is 0 Å². The van der Waals surface area contributed by atoms with Crippen molar-refractivity contribution < 1.29 is 4.74 Å². The van der Waals surface area contributed by atoms with E-state index in [2.05, 4.69) is 31.5 Å². The number of aromatic nitrogens is 3. The van der Waals surface area contributed by atoms with Gasteiger partial charge in [0.25, 0.3) is 0 Å². The smallest absolute Gasteiger partial charge is 0.147 e. The molecule has 0 amide bonds. The summed E-state index contributed by atoms with van der Waals surface area (Å²) in [4.78, 5) is 5.08. The fourth-order valence-corrected chi connectivity index (χ4v) is 3.20. The molecule has 1 saturated heterocycles. The van der Waals surface area contributed by atoms with Crippen LogP contribution in [0.15, 0.2) is 0 Å². The molecule has 3 rings (SSSR count). The first-order valence-corrected chi connectivity index (χ1v) is 7.68. The van der Waals surface area contributed by atoms with Gasteiger partial charge in [-0.05, 0) is 6.42 Å². The van der Waals surface area contributed by atoms with Gasteiger partial charge in [0.1, 0.15) is 11.6 Å². The van der Waals surface area contributed by atoms with Crippen LogP contribution in [0.3, 0.4) is 0 Å². The van der Waals surface area contributed by atoms with Gasteiger partial charge in [-0.3, -0.25) is 4.90 Å². The van der Waals surface area contributed by atoms with E-state index >= 15 is 0 Å². The number of nitrogens with zero attached hydrogens (tertiary/aromatic N) is 5. The molecule has 1 aromatic heterocycles. The van der Waals surface area contributed by atoms with Gasteiger partial charge in [0.2, 0.25) is 0 Å². The first-order valence-electron chi connectivity index (χ1n) is 7.68. The third kappa shape index (κ3) is 2.73. The predicted molar refractivity (Wildman–Crippen MR) is 76.5 cm³/mol. The van der Waals surface area contributed by atoms with Crippen molar-refractivity contribution in [1.82, 2.24) is 24.6 Å². The standard InChI is InChI=1S/C14H25N5O/c1-3-13-15-16-14-11-18(6-7-19(13)14)12-9-17(10-12)5-4-8-20-2/h12H,3-11H2,1-2H3. The average molecular weight is 279 g/mol. The van der Waals surface area contributed by atoms with Crippen molar-refractivity contribution in [1.29, 1.82) is 0 Å². The third-order valence-corrected chi connectivity index (χ3v) is 4.45. The summed E-state index contributed by atoms with van der Waals surface area (Å²) in [5, 5.41) is 8.62. The Bertz CT molecular complexity index is 441. The Morgan fingerprint density at radius 1 is 1.25 bits per heavy atom. The molecule has 0 N–H and O–H groups in total. The van der Waals surface area contributed by atoms with E-state index in [0.717, 1.165) is 57.3 Å². The van der Waals surface area contributed by atoms with Crippen molar-refractivity contribution in [2.24, 2.45) is 0 Å². The molecule has 0 spiro atoms. The van der Waals surface area contributed by atoms with Gasteiger partial charge in [0, 0.05) is 58.9 Å². The first kappa shape index (κ1) is 14.0. The molecule has 112 valence electrons. The Balaban J connectivity index is 1.47. The number of rotatable bonds is 6. The molecule has 2 aliphatic heterocycles. The summed E-state index contributed by atoms with van der Waals surface area (Å²) in [6.07, 6.45) is 2.11. The van der Waals surface area contributed by atoms with E-state index in [1.165, 1.54) is 13.1 Å². The highest BCUT2D eigenvalue weighted by molar-refractivity contribution is 5.01. The van der Waals surface area contributed by atoms with E-state index in [-0.39, 0.29) is 0 Å². The maximum atomic E-state index is 5.10. The number of hydrogen-bond acceptors (Lipinski definition) is 5. The Labute approximate surface area is 120 Å². The minimum absolute atomic E-state index is 0.702. The molecule has 20 heavy (non-hydrogen) atoms. The molecule has 3 heterocycles. The van der Waals surface area contributed by atoms with Crippen LogP contribution in [-0.4, -0.2) is 70.5 Å². The van der Waals surface area contributed by atoms with Crippen LogP contribution < -0.4 is 0 Å². The molecule has 6 nitrogen and oxygen atoms in total. The quantitative estimate of drug-likeness (QED) is 0.704. The first-order chi connectivity index (χ1) is 9.81. The molecule has 1 fully saturated rings. The fraction of sp³-hybridized carbons (Fsp3) is 0.857. The van der Waals surface area contributed by atoms with Gasteiger partial charge in [0.05, 0.1) is 6.54 Å². The van der Waals surface area contributed by atoms with Crippen LogP contribution in [0.4, 0.5) is 0 Å². The third-order valence-electron chi connectivity index (χ3n) is 4.45. The van der Waals surface area contributed by atoms with Gasteiger partial charge in [0.15, 0.2) is 0 Å². The van der Waals surface area contributed by atoms with Crippen LogP contribution in [0.2, 0.25) is 0 Å². The second kappa shape index (κ2) is 6.20. The lowest BCUT2D eigenvalue weighted by atomic mass is 10.1. The van der Waals surface area contributed by atoms with Gasteiger partial charge < -0.3 is 14.2 Å². The van der Waals surface area contributed by atoms with Crippen LogP contribution in [0.1, 0.15) is 25.0 Å². The topological polar surface area (TPSA) is 46.4 Å². The zero-order valence-corrected chi connectivity index (χ0v) is 12.6. The summed E-state index contributed by atoms with van der Waals surface area (Å²) in [5.74, 6) is 2.28. The van der Waals surface area contributed by atoms with Crippen molar-refractivity contribution >= 4 is 0 Å². The van der Waals surface area contributed by atoms with Crippen molar-refractivity contribution in [3.8, 4) is 0 Å². The lowest BCUT2D eigenvalue weighted by Crippen LogP contribution is -2.60. The summed E-state index contributed by atoms with van der Waals surface area (Å²) in [6.45, 7) is 9.70. The van der Waals surface area contributed by atoms with Crippen LogP contribution in [0, 0.1) is 0 Å². The van der Waals surface area contributed by atoms with Crippen molar-refractivity contribution in [2.45, 2.75) is 38.9 Å². The van der Waals surface area contributed by atoms with E-state index in [1.807, 2.05) is 0 Å². The largest absolute Gasteiger partial charge is 0.385 e. The predicted octanol–water partition coefficient (Wildman–Crippen LogP) is 0.377. The van der Waals surface area contributed by atoms with Gasteiger partial charge in [-0.1, -0.05) is 6.92 Å². The normalized spacial score (nSPS) is 20.9. The van der Waals surface area contributed by atoms with Gasteiger partial charge in [-0.15, -0.1) is 10.2 Å². The molecular weight excluding hydrogens is 254 g/mol. The van der Waals surface area contributed by atoms with Gasteiger partial charge >= 0.3 is 0 Å². The number of likely N-dealkylation sites (tertiary alicyclic amines) is 1. The summed E-state index contributed by atoms with van der Waals surface area (Å²) < 4.78 is 7.40. The SMILES string of the molecule is CCc1nnc2n1CCN(C1CN(CCCOC)C1)C2. The Morgan fingerprint density at radius 2 is 2.10 bits per heavy atom. The molecule has 0 aliphatic carbocycles. The zero-order chi connectivity index (χ0) is 13.9. The van der Waals surface area contributed by atoms with Crippen LogP contribution in [0.5, 0.6) is 0 Å². The summed E-state index contributed by atoms with van der Waals surface area (Å²) in [5.41, 5.74) is 0. The second-order valence-corrected chi connectivity index (χ2v) is 5.77. The summed E-state index contributed by atoms with van der Waals surface area (Å²) in [6, 6.07) is 0.702. The number of ether oxygens (including phenoxy) is 1. The maximum absolute atomic E-state index is 5.10. The Kier molecular flexibility index (Phi) is 4.33.